The molecule has 20 heavy (non-hydrogen) atoms. The molecule has 0 aliphatic rings. The average Bonchev–Trinajstić information content (AvgIpc) is 2.89. The monoisotopic (exact) mass is 337 g/mol. The van der Waals surface area contributed by atoms with E-state index < -0.39 is 5.60 Å². The molecule has 0 aliphatic heterocycles. The van der Waals surface area contributed by atoms with E-state index in [4.69, 9.17) is 4.42 Å². The number of carbonyl (C=O) groups excluding carboxylic acids is 1. The minimum Gasteiger partial charge on any atom is -0.469 e. The molecule has 2 N–H and O–H groups in total. The zero-order valence-electron chi connectivity index (χ0n) is 11.1. The summed E-state index contributed by atoms with van der Waals surface area (Å²) >= 11 is 3.33. The maximum absolute atomic E-state index is 12.0. The van der Waals surface area contributed by atoms with Gasteiger partial charge in [-0.05, 0) is 47.1 Å². The molecule has 0 saturated carbocycles. The van der Waals surface area contributed by atoms with Crippen LogP contribution in [0.15, 0.2) is 51.6 Å². The topological polar surface area (TPSA) is 62.5 Å². The summed E-state index contributed by atoms with van der Waals surface area (Å²) in [5.74, 6) is 0.460. The smallest absolute Gasteiger partial charge is 0.252 e. The lowest BCUT2D eigenvalue weighted by molar-refractivity contribution is 0.0510. The number of amides is 1. The normalized spacial score (nSPS) is 13.8. The lowest BCUT2D eigenvalue weighted by Gasteiger charge is -2.22. The lowest BCUT2D eigenvalue weighted by atomic mass is 10.0. The van der Waals surface area contributed by atoms with Crippen LogP contribution in [0.4, 0.5) is 0 Å². The summed E-state index contributed by atoms with van der Waals surface area (Å²) in [6.45, 7) is 1.81. The van der Waals surface area contributed by atoms with Crippen molar-refractivity contribution in [2.45, 2.75) is 18.9 Å². The van der Waals surface area contributed by atoms with E-state index in [1.54, 1.807) is 43.5 Å². The van der Waals surface area contributed by atoms with Crippen molar-refractivity contribution >= 4 is 21.8 Å². The van der Waals surface area contributed by atoms with Crippen molar-refractivity contribution in [3.05, 3.63) is 58.5 Å². The minimum absolute atomic E-state index is 0.147. The van der Waals surface area contributed by atoms with Crippen LogP contribution in [0, 0.1) is 0 Å². The molecule has 4 nitrogen and oxygen atoms in total. The minimum atomic E-state index is -1.06. The molecule has 0 spiro atoms. The predicted octanol–water partition coefficient (Wildman–Crippen LogP) is 2.77. The molecule has 5 heteroatoms. The van der Waals surface area contributed by atoms with E-state index in [2.05, 4.69) is 21.2 Å². The summed E-state index contributed by atoms with van der Waals surface area (Å²) in [5.41, 5.74) is -0.518. The maximum Gasteiger partial charge on any atom is 0.252 e. The summed E-state index contributed by atoms with van der Waals surface area (Å²) in [7, 11) is 0. The van der Waals surface area contributed by atoms with Crippen LogP contribution in [-0.2, 0) is 6.42 Å². The highest BCUT2D eigenvalue weighted by molar-refractivity contribution is 9.10. The van der Waals surface area contributed by atoms with Gasteiger partial charge in [-0.3, -0.25) is 4.79 Å². The Morgan fingerprint density at radius 3 is 2.75 bits per heavy atom. The Kier molecular flexibility index (Phi) is 4.62. The van der Waals surface area contributed by atoms with E-state index in [1.165, 1.54) is 0 Å². The largest absolute Gasteiger partial charge is 0.469 e. The van der Waals surface area contributed by atoms with Crippen LogP contribution < -0.4 is 5.32 Å². The van der Waals surface area contributed by atoms with Crippen molar-refractivity contribution in [3.63, 3.8) is 0 Å². The molecule has 0 bridgehead atoms. The highest BCUT2D eigenvalue weighted by atomic mass is 79.9. The number of furan rings is 1. The molecule has 2 rings (SSSR count). The van der Waals surface area contributed by atoms with Crippen molar-refractivity contribution in [1.29, 1.82) is 0 Å². The van der Waals surface area contributed by atoms with E-state index in [9.17, 15) is 9.90 Å². The summed E-state index contributed by atoms with van der Waals surface area (Å²) in [5, 5.41) is 13.0. The van der Waals surface area contributed by atoms with Gasteiger partial charge in [-0.15, -0.1) is 0 Å². The molecule has 1 aromatic heterocycles. The van der Waals surface area contributed by atoms with Crippen molar-refractivity contribution in [2.24, 2.45) is 0 Å². The zero-order valence-corrected chi connectivity index (χ0v) is 12.7. The van der Waals surface area contributed by atoms with Crippen LogP contribution in [0.3, 0.4) is 0 Å². The molecule has 1 amide bonds. The summed E-state index contributed by atoms with van der Waals surface area (Å²) in [6.07, 6.45) is 1.90. The van der Waals surface area contributed by atoms with Gasteiger partial charge in [0.1, 0.15) is 5.76 Å². The van der Waals surface area contributed by atoms with E-state index in [0.717, 1.165) is 4.47 Å². The Morgan fingerprint density at radius 2 is 2.10 bits per heavy atom. The number of nitrogens with one attached hydrogen (secondary N) is 1. The lowest BCUT2D eigenvalue weighted by Crippen LogP contribution is -2.42. The van der Waals surface area contributed by atoms with Gasteiger partial charge in [0.05, 0.1) is 17.4 Å². The van der Waals surface area contributed by atoms with Gasteiger partial charge in [-0.25, -0.2) is 0 Å². The third kappa shape index (κ3) is 3.95. The number of rotatable bonds is 5. The molecule has 1 unspecified atom stereocenters. The number of aliphatic hydroxyl groups is 1. The van der Waals surface area contributed by atoms with Gasteiger partial charge in [0.25, 0.3) is 5.91 Å². The van der Waals surface area contributed by atoms with Gasteiger partial charge in [0.15, 0.2) is 0 Å². The Bertz CT molecular complexity index is 579. The predicted molar refractivity (Wildman–Crippen MR) is 79.5 cm³/mol. The SMILES string of the molecule is CC(O)(CNC(=O)c1ccccc1Br)Cc1ccco1. The van der Waals surface area contributed by atoms with Crippen LogP contribution in [0.1, 0.15) is 23.0 Å². The second-order valence-electron chi connectivity index (χ2n) is 4.92. The maximum atomic E-state index is 12.0. The van der Waals surface area contributed by atoms with Gasteiger partial charge < -0.3 is 14.8 Å². The van der Waals surface area contributed by atoms with Gasteiger partial charge in [-0.2, -0.15) is 0 Å². The van der Waals surface area contributed by atoms with Gasteiger partial charge >= 0.3 is 0 Å². The fraction of sp³-hybridized carbons (Fsp3) is 0.267. The van der Waals surface area contributed by atoms with E-state index >= 15 is 0 Å². The van der Waals surface area contributed by atoms with Gasteiger partial charge in [0.2, 0.25) is 0 Å². The van der Waals surface area contributed by atoms with Crippen LogP contribution >= 0.6 is 15.9 Å². The quantitative estimate of drug-likeness (QED) is 0.881. The molecule has 0 saturated heterocycles. The molecule has 0 aliphatic carbocycles. The first-order valence-electron chi connectivity index (χ1n) is 6.25. The molecule has 1 heterocycles. The van der Waals surface area contributed by atoms with E-state index in [-0.39, 0.29) is 12.5 Å². The van der Waals surface area contributed by atoms with Gasteiger partial charge in [0, 0.05) is 17.4 Å². The average molecular weight is 338 g/mol. The Balaban J connectivity index is 1.94. The Morgan fingerprint density at radius 1 is 1.35 bits per heavy atom. The first-order chi connectivity index (χ1) is 9.48. The summed E-state index contributed by atoms with van der Waals surface area (Å²) in [6, 6.07) is 10.7. The number of halogens is 1. The van der Waals surface area contributed by atoms with Crippen molar-refractivity contribution in [2.75, 3.05) is 6.54 Å². The molecule has 1 atom stereocenters. The van der Waals surface area contributed by atoms with Crippen LogP contribution in [0.2, 0.25) is 0 Å². The molecule has 0 fully saturated rings. The standard InChI is InChI=1S/C15H16BrNO3/c1-15(19,9-11-5-4-8-20-11)10-17-14(18)12-6-2-3-7-13(12)16/h2-8,19H,9-10H2,1H3,(H,17,18). The third-order valence-electron chi connectivity index (χ3n) is 2.88. The number of hydrogen-bond donors (Lipinski definition) is 2. The van der Waals surface area contributed by atoms with E-state index in [1.807, 2.05) is 6.07 Å². The fourth-order valence-electron chi connectivity index (χ4n) is 1.86. The highest BCUT2D eigenvalue weighted by Gasteiger charge is 2.23. The molecule has 0 radical (unpaired) electrons. The molecule has 2 aromatic rings. The van der Waals surface area contributed by atoms with Crippen molar-refractivity contribution in [3.8, 4) is 0 Å². The van der Waals surface area contributed by atoms with Crippen LogP contribution in [0.5, 0.6) is 0 Å². The highest BCUT2D eigenvalue weighted by Crippen LogP contribution is 2.16. The third-order valence-corrected chi connectivity index (χ3v) is 3.57. The second kappa shape index (κ2) is 6.24. The van der Waals surface area contributed by atoms with Crippen molar-refractivity contribution < 1.29 is 14.3 Å². The molecular weight excluding hydrogens is 322 g/mol. The Hall–Kier alpha value is -1.59. The van der Waals surface area contributed by atoms with E-state index in [0.29, 0.717) is 17.7 Å². The molecule has 1 aromatic carbocycles. The molecular formula is C15H16BrNO3. The van der Waals surface area contributed by atoms with Crippen molar-refractivity contribution in [1.82, 2.24) is 5.32 Å². The van der Waals surface area contributed by atoms with Crippen LogP contribution in [0.25, 0.3) is 0 Å². The molecule has 106 valence electrons. The number of benzene rings is 1. The fourth-order valence-corrected chi connectivity index (χ4v) is 2.33. The first-order valence-corrected chi connectivity index (χ1v) is 7.05. The van der Waals surface area contributed by atoms with Gasteiger partial charge in [-0.1, -0.05) is 12.1 Å². The first kappa shape index (κ1) is 14.8. The zero-order chi connectivity index (χ0) is 14.6. The second-order valence-corrected chi connectivity index (χ2v) is 5.77. The Labute approximate surface area is 125 Å². The summed E-state index contributed by atoms with van der Waals surface area (Å²) < 4.78 is 5.92. The number of carbonyl (C=O) groups is 1. The van der Waals surface area contributed by atoms with Crippen LogP contribution in [-0.4, -0.2) is 23.2 Å². The number of hydrogen-bond acceptors (Lipinski definition) is 3. The summed E-state index contributed by atoms with van der Waals surface area (Å²) in [4.78, 5) is 12.0.